The number of rotatable bonds is 4. The van der Waals surface area contributed by atoms with Crippen molar-refractivity contribution in [3.05, 3.63) is 11.9 Å². The van der Waals surface area contributed by atoms with Gasteiger partial charge in [-0.05, 0) is 24.2 Å². The molecule has 94 valence electrons. The number of aromatic nitrogens is 2. The van der Waals surface area contributed by atoms with Crippen LogP contribution in [0.1, 0.15) is 38.7 Å². The molecule has 4 heteroatoms. The average Bonchev–Trinajstić information content (AvgIpc) is 2.93. The summed E-state index contributed by atoms with van der Waals surface area (Å²) in [5, 5.41) is 0. The molecule has 0 aliphatic heterocycles. The summed E-state index contributed by atoms with van der Waals surface area (Å²) < 4.78 is 0. The van der Waals surface area contributed by atoms with Crippen LogP contribution in [0.4, 0.5) is 11.6 Å². The van der Waals surface area contributed by atoms with Crippen molar-refractivity contribution in [3.63, 3.8) is 0 Å². The molecule has 0 aromatic carbocycles. The lowest BCUT2D eigenvalue weighted by Gasteiger charge is -2.23. The third-order valence-corrected chi connectivity index (χ3v) is 3.62. The SMILES string of the molecule is CC(C)c1c(N)ncnc1N(C)CC1CC1C. The summed E-state index contributed by atoms with van der Waals surface area (Å²) in [7, 11) is 2.10. The molecular formula is C13H22N4. The molecule has 2 rings (SSSR count). The first-order chi connectivity index (χ1) is 8.00. The van der Waals surface area contributed by atoms with Gasteiger partial charge in [0.05, 0.1) is 0 Å². The molecule has 0 amide bonds. The Kier molecular flexibility index (Phi) is 3.22. The van der Waals surface area contributed by atoms with Crippen molar-refractivity contribution in [1.82, 2.24) is 9.97 Å². The van der Waals surface area contributed by atoms with Gasteiger partial charge in [0.25, 0.3) is 0 Å². The van der Waals surface area contributed by atoms with Crippen LogP contribution in [0.15, 0.2) is 6.33 Å². The minimum Gasteiger partial charge on any atom is -0.383 e. The van der Waals surface area contributed by atoms with Crippen LogP contribution >= 0.6 is 0 Å². The highest BCUT2D eigenvalue weighted by Crippen LogP contribution is 2.39. The predicted molar refractivity (Wildman–Crippen MR) is 71.1 cm³/mol. The number of nitrogen functional groups attached to an aromatic ring is 1. The van der Waals surface area contributed by atoms with E-state index in [1.165, 1.54) is 6.42 Å². The fraction of sp³-hybridized carbons (Fsp3) is 0.692. The fourth-order valence-corrected chi connectivity index (χ4v) is 2.35. The molecule has 1 aromatic heterocycles. The van der Waals surface area contributed by atoms with E-state index < -0.39 is 0 Å². The monoisotopic (exact) mass is 234 g/mol. The normalized spacial score (nSPS) is 22.9. The quantitative estimate of drug-likeness (QED) is 0.868. The summed E-state index contributed by atoms with van der Waals surface area (Å²) in [5.41, 5.74) is 7.03. The van der Waals surface area contributed by atoms with E-state index in [0.29, 0.717) is 11.7 Å². The lowest BCUT2D eigenvalue weighted by atomic mass is 10.0. The highest BCUT2D eigenvalue weighted by Gasteiger charge is 2.34. The Bertz CT molecular complexity index is 402. The van der Waals surface area contributed by atoms with Crippen molar-refractivity contribution in [3.8, 4) is 0 Å². The number of nitrogens with two attached hydrogens (primary N) is 1. The van der Waals surface area contributed by atoms with Gasteiger partial charge in [0.15, 0.2) is 0 Å². The summed E-state index contributed by atoms with van der Waals surface area (Å²) >= 11 is 0. The maximum Gasteiger partial charge on any atom is 0.137 e. The molecule has 0 radical (unpaired) electrons. The summed E-state index contributed by atoms with van der Waals surface area (Å²) in [6.45, 7) is 7.63. The topological polar surface area (TPSA) is 55.0 Å². The maximum absolute atomic E-state index is 5.96. The van der Waals surface area contributed by atoms with Crippen LogP contribution in [-0.2, 0) is 0 Å². The Morgan fingerprint density at radius 2 is 2.12 bits per heavy atom. The Morgan fingerprint density at radius 3 is 2.65 bits per heavy atom. The van der Waals surface area contributed by atoms with Gasteiger partial charge < -0.3 is 10.6 Å². The van der Waals surface area contributed by atoms with Gasteiger partial charge in [0.1, 0.15) is 18.0 Å². The Labute approximate surface area is 103 Å². The summed E-state index contributed by atoms with van der Waals surface area (Å²) in [4.78, 5) is 10.7. The molecule has 1 aromatic rings. The molecule has 0 spiro atoms. The first-order valence-corrected chi connectivity index (χ1v) is 6.32. The van der Waals surface area contributed by atoms with Crippen LogP contribution in [0, 0.1) is 11.8 Å². The number of hydrogen-bond acceptors (Lipinski definition) is 4. The first kappa shape index (κ1) is 12.1. The van der Waals surface area contributed by atoms with Crippen molar-refractivity contribution in [2.45, 2.75) is 33.1 Å². The van der Waals surface area contributed by atoms with E-state index in [0.717, 1.165) is 29.8 Å². The van der Waals surface area contributed by atoms with E-state index in [2.05, 4.69) is 42.7 Å². The summed E-state index contributed by atoms with van der Waals surface area (Å²) in [5.74, 6) is 3.63. The van der Waals surface area contributed by atoms with Crippen LogP contribution < -0.4 is 10.6 Å². The van der Waals surface area contributed by atoms with Gasteiger partial charge in [-0.2, -0.15) is 0 Å². The van der Waals surface area contributed by atoms with Gasteiger partial charge in [-0.25, -0.2) is 9.97 Å². The Hall–Kier alpha value is -1.32. The molecule has 1 aliphatic rings. The van der Waals surface area contributed by atoms with Crippen LogP contribution in [0.5, 0.6) is 0 Å². The molecule has 1 fully saturated rings. The van der Waals surface area contributed by atoms with Gasteiger partial charge in [0, 0.05) is 19.2 Å². The molecule has 2 unspecified atom stereocenters. The molecule has 2 N–H and O–H groups in total. The molecule has 2 atom stereocenters. The molecule has 1 aliphatic carbocycles. The van der Waals surface area contributed by atoms with Crippen LogP contribution in [0.3, 0.4) is 0 Å². The minimum absolute atomic E-state index is 0.352. The van der Waals surface area contributed by atoms with Crippen molar-refractivity contribution < 1.29 is 0 Å². The summed E-state index contributed by atoms with van der Waals surface area (Å²) in [6.07, 6.45) is 2.89. The van der Waals surface area contributed by atoms with Crippen molar-refractivity contribution in [2.75, 3.05) is 24.2 Å². The molecule has 1 heterocycles. The van der Waals surface area contributed by atoms with E-state index in [9.17, 15) is 0 Å². The van der Waals surface area contributed by atoms with Gasteiger partial charge >= 0.3 is 0 Å². The van der Waals surface area contributed by atoms with E-state index in [4.69, 9.17) is 5.73 Å². The zero-order valence-electron chi connectivity index (χ0n) is 11.1. The number of hydrogen-bond donors (Lipinski definition) is 1. The smallest absolute Gasteiger partial charge is 0.137 e. The van der Waals surface area contributed by atoms with Gasteiger partial charge in [-0.15, -0.1) is 0 Å². The molecule has 0 bridgehead atoms. The molecule has 1 saturated carbocycles. The molecule has 0 saturated heterocycles. The Balaban J connectivity index is 2.21. The standard InChI is InChI=1S/C13H22N4/c1-8(2)11-12(14)15-7-16-13(11)17(4)6-10-5-9(10)3/h7-10H,5-6H2,1-4H3,(H2,14,15,16). The maximum atomic E-state index is 5.96. The van der Waals surface area contributed by atoms with E-state index in [1.54, 1.807) is 6.33 Å². The van der Waals surface area contributed by atoms with Gasteiger partial charge in [-0.3, -0.25) is 0 Å². The molecule has 17 heavy (non-hydrogen) atoms. The summed E-state index contributed by atoms with van der Waals surface area (Å²) in [6, 6.07) is 0. The third kappa shape index (κ3) is 2.51. The highest BCUT2D eigenvalue weighted by atomic mass is 15.2. The number of anilines is 2. The van der Waals surface area contributed by atoms with Crippen LogP contribution in [0.25, 0.3) is 0 Å². The van der Waals surface area contributed by atoms with Crippen molar-refractivity contribution >= 4 is 11.6 Å². The van der Waals surface area contributed by atoms with Crippen molar-refractivity contribution in [2.24, 2.45) is 11.8 Å². The predicted octanol–water partition coefficient (Wildman–Crippen LogP) is 2.27. The van der Waals surface area contributed by atoms with E-state index in [-0.39, 0.29) is 0 Å². The zero-order valence-corrected chi connectivity index (χ0v) is 11.1. The largest absolute Gasteiger partial charge is 0.383 e. The molecular weight excluding hydrogens is 212 g/mol. The lowest BCUT2D eigenvalue weighted by Crippen LogP contribution is -2.24. The second-order valence-corrected chi connectivity index (χ2v) is 5.50. The third-order valence-electron chi connectivity index (χ3n) is 3.62. The van der Waals surface area contributed by atoms with Crippen LogP contribution in [0.2, 0.25) is 0 Å². The van der Waals surface area contributed by atoms with Gasteiger partial charge in [0.2, 0.25) is 0 Å². The number of nitrogens with zero attached hydrogens (tertiary/aromatic N) is 3. The fourth-order valence-electron chi connectivity index (χ4n) is 2.35. The second kappa shape index (κ2) is 4.51. The van der Waals surface area contributed by atoms with Crippen LogP contribution in [-0.4, -0.2) is 23.6 Å². The zero-order chi connectivity index (χ0) is 12.6. The second-order valence-electron chi connectivity index (χ2n) is 5.50. The van der Waals surface area contributed by atoms with Crippen molar-refractivity contribution in [1.29, 1.82) is 0 Å². The Morgan fingerprint density at radius 1 is 1.47 bits per heavy atom. The average molecular weight is 234 g/mol. The van der Waals surface area contributed by atoms with E-state index in [1.807, 2.05) is 0 Å². The molecule has 4 nitrogen and oxygen atoms in total. The minimum atomic E-state index is 0.352. The highest BCUT2D eigenvalue weighted by molar-refractivity contribution is 5.57. The van der Waals surface area contributed by atoms with E-state index >= 15 is 0 Å². The first-order valence-electron chi connectivity index (χ1n) is 6.32. The lowest BCUT2D eigenvalue weighted by molar-refractivity contribution is 0.710. The van der Waals surface area contributed by atoms with Gasteiger partial charge in [-0.1, -0.05) is 20.8 Å².